The summed E-state index contributed by atoms with van der Waals surface area (Å²) >= 11 is 12.7. The van der Waals surface area contributed by atoms with E-state index >= 15 is 0 Å². The molecule has 3 atom stereocenters. The molecule has 0 saturated carbocycles. The van der Waals surface area contributed by atoms with Gasteiger partial charge in [0.2, 0.25) is 0 Å². The summed E-state index contributed by atoms with van der Waals surface area (Å²) in [4.78, 5) is 15.2. The first-order valence-corrected chi connectivity index (χ1v) is 11.7. The average Bonchev–Trinajstić information content (AvgIpc) is 3.08. The number of likely N-dealkylation sites (tertiary alicyclic amines) is 1. The van der Waals surface area contributed by atoms with E-state index < -0.39 is 0 Å². The van der Waals surface area contributed by atoms with Crippen molar-refractivity contribution in [2.24, 2.45) is 5.92 Å². The van der Waals surface area contributed by atoms with Crippen LogP contribution in [0, 0.1) is 5.92 Å². The van der Waals surface area contributed by atoms with Gasteiger partial charge in [0.05, 0.1) is 6.04 Å². The standard InChI is InChI=1S/C25H26Cl2N2O/c26-17-9-10-20(22(27)15-17)24-19-7-5-6-18(19)21-14-16(8-11-23(21)28-24)25(30)29-12-3-1-2-4-13-29/h5-6,8-11,14-15,18-19,24,28H,1-4,7,12-13H2/t18-,19+,24+/m1/s1. The van der Waals surface area contributed by atoms with Crippen LogP contribution in [-0.2, 0) is 0 Å². The molecule has 156 valence electrons. The number of carbonyl (C=O) groups excluding carboxylic acids is 1. The molecule has 0 spiro atoms. The Kier molecular flexibility index (Phi) is 5.51. The molecule has 1 amide bonds. The Morgan fingerprint density at radius 1 is 0.967 bits per heavy atom. The van der Waals surface area contributed by atoms with Gasteiger partial charge in [0, 0.05) is 40.3 Å². The molecular weight excluding hydrogens is 415 g/mol. The van der Waals surface area contributed by atoms with Gasteiger partial charge in [-0.2, -0.15) is 0 Å². The van der Waals surface area contributed by atoms with Crippen molar-refractivity contribution in [3.8, 4) is 0 Å². The van der Waals surface area contributed by atoms with E-state index in [9.17, 15) is 4.79 Å². The van der Waals surface area contributed by atoms with Gasteiger partial charge in [0.15, 0.2) is 0 Å². The van der Waals surface area contributed by atoms with Gasteiger partial charge in [-0.15, -0.1) is 0 Å². The number of nitrogens with one attached hydrogen (secondary N) is 1. The number of halogens is 2. The van der Waals surface area contributed by atoms with Crippen LogP contribution in [0.25, 0.3) is 0 Å². The molecule has 2 aliphatic heterocycles. The number of rotatable bonds is 2. The van der Waals surface area contributed by atoms with Crippen LogP contribution in [0.3, 0.4) is 0 Å². The molecule has 1 saturated heterocycles. The van der Waals surface area contributed by atoms with Gasteiger partial charge in [-0.3, -0.25) is 4.79 Å². The number of allylic oxidation sites excluding steroid dienone is 2. The van der Waals surface area contributed by atoms with Crippen LogP contribution < -0.4 is 5.32 Å². The fourth-order valence-corrected chi connectivity index (χ4v) is 5.77. The molecule has 3 nitrogen and oxygen atoms in total. The molecule has 2 aromatic carbocycles. The second-order valence-electron chi connectivity index (χ2n) is 8.65. The first-order chi connectivity index (χ1) is 14.6. The summed E-state index contributed by atoms with van der Waals surface area (Å²) in [5.41, 5.74) is 4.19. The van der Waals surface area contributed by atoms with Crippen LogP contribution in [0.4, 0.5) is 5.69 Å². The largest absolute Gasteiger partial charge is 0.378 e. The predicted molar refractivity (Wildman–Crippen MR) is 124 cm³/mol. The van der Waals surface area contributed by atoms with Crippen molar-refractivity contribution in [1.29, 1.82) is 0 Å². The highest BCUT2D eigenvalue weighted by Crippen LogP contribution is 2.51. The molecule has 1 aliphatic carbocycles. The molecule has 1 fully saturated rings. The highest BCUT2D eigenvalue weighted by molar-refractivity contribution is 6.35. The maximum Gasteiger partial charge on any atom is 0.253 e. The summed E-state index contributed by atoms with van der Waals surface area (Å²) < 4.78 is 0. The third-order valence-corrected chi connectivity index (χ3v) is 7.36. The van der Waals surface area contributed by atoms with Gasteiger partial charge in [0.1, 0.15) is 0 Å². The molecule has 2 aromatic rings. The monoisotopic (exact) mass is 440 g/mol. The van der Waals surface area contributed by atoms with Crippen molar-refractivity contribution in [1.82, 2.24) is 4.90 Å². The number of carbonyl (C=O) groups is 1. The number of fused-ring (bicyclic) bond motifs is 3. The molecule has 0 radical (unpaired) electrons. The van der Waals surface area contributed by atoms with E-state index in [1.165, 1.54) is 18.4 Å². The first-order valence-electron chi connectivity index (χ1n) is 10.9. The predicted octanol–water partition coefficient (Wildman–Crippen LogP) is 6.84. The van der Waals surface area contributed by atoms with Crippen LogP contribution in [-0.4, -0.2) is 23.9 Å². The molecule has 0 unspecified atom stereocenters. The molecule has 0 aromatic heterocycles. The van der Waals surface area contributed by atoms with Crippen molar-refractivity contribution in [2.45, 2.75) is 44.1 Å². The SMILES string of the molecule is O=C(c1ccc2c(c1)[C@@H]1C=CC[C@@H]1[C@@H](c1ccc(Cl)cc1Cl)N2)N1CCCCCC1. The molecule has 0 bridgehead atoms. The summed E-state index contributed by atoms with van der Waals surface area (Å²) in [6.45, 7) is 1.74. The Hall–Kier alpha value is -1.97. The van der Waals surface area contributed by atoms with Gasteiger partial charge < -0.3 is 10.2 Å². The third kappa shape index (κ3) is 3.63. The summed E-state index contributed by atoms with van der Waals surface area (Å²) in [6.07, 6.45) is 10.2. The van der Waals surface area contributed by atoms with Crippen LogP contribution >= 0.6 is 23.2 Å². The zero-order valence-electron chi connectivity index (χ0n) is 16.9. The highest BCUT2D eigenvalue weighted by Gasteiger charge is 2.39. The van der Waals surface area contributed by atoms with Gasteiger partial charge in [-0.05, 0) is 66.6 Å². The third-order valence-electron chi connectivity index (χ3n) is 6.80. The van der Waals surface area contributed by atoms with Crippen molar-refractivity contribution in [3.63, 3.8) is 0 Å². The Morgan fingerprint density at radius 3 is 2.53 bits per heavy atom. The zero-order valence-corrected chi connectivity index (χ0v) is 18.4. The van der Waals surface area contributed by atoms with E-state index in [1.54, 1.807) is 0 Å². The van der Waals surface area contributed by atoms with Crippen LogP contribution in [0.1, 0.15) is 65.5 Å². The molecule has 3 aliphatic rings. The fourth-order valence-electron chi connectivity index (χ4n) is 5.25. The molecular formula is C25H26Cl2N2O. The fraction of sp³-hybridized carbons (Fsp3) is 0.400. The normalized spacial score (nSPS) is 25.3. The summed E-state index contributed by atoms with van der Waals surface area (Å²) in [5.74, 6) is 0.829. The molecule has 5 rings (SSSR count). The van der Waals surface area contributed by atoms with Crippen molar-refractivity contribution in [2.75, 3.05) is 18.4 Å². The lowest BCUT2D eigenvalue weighted by molar-refractivity contribution is 0.0761. The minimum Gasteiger partial charge on any atom is -0.378 e. The van der Waals surface area contributed by atoms with Crippen LogP contribution in [0.5, 0.6) is 0 Å². The lowest BCUT2D eigenvalue weighted by Gasteiger charge is -2.38. The zero-order chi connectivity index (χ0) is 20.7. The van der Waals surface area contributed by atoms with E-state index in [4.69, 9.17) is 23.2 Å². The Balaban J connectivity index is 1.47. The second-order valence-corrected chi connectivity index (χ2v) is 9.49. The maximum absolute atomic E-state index is 13.2. The van der Waals surface area contributed by atoms with E-state index in [1.807, 2.05) is 29.2 Å². The van der Waals surface area contributed by atoms with Crippen LogP contribution in [0.15, 0.2) is 48.6 Å². The topological polar surface area (TPSA) is 32.3 Å². The van der Waals surface area contributed by atoms with E-state index in [0.29, 0.717) is 16.0 Å². The average molecular weight is 441 g/mol. The minimum absolute atomic E-state index is 0.120. The Bertz CT molecular complexity index is 995. The van der Waals surface area contributed by atoms with Gasteiger partial charge in [-0.25, -0.2) is 0 Å². The number of anilines is 1. The number of hydrogen-bond acceptors (Lipinski definition) is 2. The van der Waals surface area contributed by atoms with Crippen LogP contribution in [0.2, 0.25) is 10.0 Å². The Morgan fingerprint density at radius 2 is 1.77 bits per heavy atom. The molecule has 30 heavy (non-hydrogen) atoms. The Labute approximate surface area is 188 Å². The highest BCUT2D eigenvalue weighted by atomic mass is 35.5. The quantitative estimate of drug-likeness (QED) is 0.518. The smallest absolute Gasteiger partial charge is 0.253 e. The van der Waals surface area contributed by atoms with E-state index in [0.717, 1.165) is 49.2 Å². The van der Waals surface area contributed by atoms with E-state index in [2.05, 4.69) is 29.6 Å². The molecule has 5 heteroatoms. The molecule has 2 heterocycles. The van der Waals surface area contributed by atoms with Gasteiger partial charge in [-0.1, -0.05) is 54.3 Å². The number of hydrogen-bond donors (Lipinski definition) is 1. The van der Waals surface area contributed by atoms with Gasteiger partial charge in [0.25, 0.3) is 5.91 Å². The van der Waals surface area contributed by atoms with Crippen molar-refractivity contribution < 1.29 is 4.79 Å². The van der Waals surface area contributed by atoms with Crippen molar-refractivity contribution in [3.05, 3.63) is 75.3 Å². The summed E-state index contributed by atoms with van der Waals surface area (Å²) in [7, 11) is 0. The first kappa shape index (κ1) is 20.0. The second kappa shape index (κ2) is 8.28. The van der Waals surface area contributed by atoms with Gasteiger partial charge >= 0.3 is 0 Å². The summed E-state index contributed by atoms with van der Waals surface area (Å²) in [6, 6.07) is 12.0. The lowest BCUT2D eigenvalue weighted by atomic mass is 9.76. The maximum atomic E-state index is 13.2. The number of nitrogens with zero attached hydrogens (tertiary/aromatic N) is 1. The van der Waals surface area contributed by atoms with Crippen molar-refractivity contribution >= 4 is 34.8 Å². The summed E-state index contributed by atoms with van der Waals surface area (Å²) in [5, 5.41) is 5.06. The van der Waals surface area contributed by atoms with E-state index in [-0.39, 0.29) is 17.9 Å². The molecule has 1 N–H and O–H groups in total. The number of amides is 1. The lowest BCUT2D eigenvalue weighted by Crippen LogP contribution is -2.33. The number of benzene rings is 2. The minimum atomic E-state index is 0.120.